The lowest BCUT2D eigenvalue weighted by atomic mass is 10.1. The van der Waals surface area contributed by atoms with Crippen molar-refractivity contribution in [3.05, 3.63) is 63.9 Å². The van der Waals surface area contributed by atoms with Crippen LogP contribution in [0.15, 0.2) is 46.9 Å². The number of hydrogen-bond acceptors (Lipinski definition) is 2. The maximum atomic E-state index is 13.6. The minimum atomic E-state index is -0.586. The molecule has 2 amide bonds. The number of likely N-dealkylation sites (N-methyl/N-ethyl adjacent to an activating group) is 1. The SMILES string of the molecule is CNC(=O)Cc1ccc(NC(=O)c2cc(Br)ccc2F)cc1. The summed E-state index contributed by atoms with van der Waals surface area (Å²) >= 11 is 3.20. The molecule has 114 valence electrons. The summed E-state index contributed by atoms with van der Waals surface area (Å²) in [5.41, 5.74) is 1.32. The zero-order valence-electron chi connectivity index (χ0n) is 11.8. The van der Waals surface area contributed by atoms with Crippen LogP contribution in [-0.4, -0.2) is 18.9 Å². The van der Waals surface area contributed by atoms with Gasteiger partial charge in [0.15, 0.2) is 0 Å². The van der Waals surface area contributed by atoms with Crippen molar-refractivity contribution in [2.45, 2.75) is 6.42 Å². The lowest BCUT2D eigenvalue weighted by molar-refractivity contribution is -0.119. The van der Waals surface area contributed by atoms with E-state index in [0.717, 1.165) is 5.56 Å². The third kappa shape index (κ3) is 4.14. The van der Waals surface area contributed by atoms with Gasteiger partial charge in [0.25, 0.3) is 5.91 Å². The molecule has 2 aromatic rings. The molecule has 0 bridgehead atoms. The van der Waals surface area contributed by atoms with Gasteiger partial charge in [-0.15, -0.1) is 0 Å². The van der Waals surface area contributed by atoms with Crippen LogP contribution in [0.25, 0.3) is 0 Å². The molecule has 6 heteroatoms. The van der Waals surface area contributed by atoms with Crippen LogP contribution in [0.2, 0.25) is 0 Å². The number of nitrogens with one attached hydrogen (secondary N) is 2. The highest BCUT2D eigenvalue weighted by molar-refractivity contribution is 9.10. The summed E-state index contributed by atoms with van der Waals surface area (Å²) in [7, 11) is 1.57. The van der Waals surface area contributed by atoms with Gasteiger partial charge in [0.2, 0.25) is 5.91 Å². The smallest absolute Gasteiger partial charge is 0.258 e. The van der Waals surface area contributed by atoms with E-state index < -0.39 is 11.7 Å². The lowest BCUT2D eigenvalue weighted by Gasteiger charge is -2.07. The number of hydrogen-bond donors (Lipinski definition) is 2. The third-order valence-corrected chi connectivity index (χ3v) is 3.52. The van der Waals surface area contributed by atoms with Gasteiger partial charge in [-0.3, -0.25) is 9.59 Å². The van der Waals surface area contributed by atoms with E-state index in [-0.39, 0.29) is 17.9 Å². The van der Waals surface area contributed by atoms with Crippen LogP contribution in [0.3, 0.4) is 0 Å². The van der Waals surface area contributed by atoms with Crippen molar-refractivity contribution >= 4 is 33.4 Å². The van der Waals surface area contributed by atoms with Crippen molar-refractivity contribution in [3.63, 3.8) is 0 Å². The number of carbonyl (C=O) groups is 2. The van der Waals surface area contributed by atoms with Crippen molar-refractivity contribution in [1.82, 2.24) is 5.32 Å². The number of rotatable bonds is 4. The topological polar surface area (TPSA) is 58.2 Å². The number of anilines is 1. The fourth-order valence-corrected chi connectivity index (χ4v) is 2.21. The fourth-order valence-electron chi connectivity index (χ4n) is 1.85. The van der Waals surface area contributed by atoms with Gasteiger partial charge in [-0.25, -0.2) is 4.39 Å². The van der Waals surface area contributed by atoms with E-state index in [1.54, 1.807) is 31.3 Å². The Morgan fingerprint density at radius 1 is 1.14 bits per heavy atom. The van der Waals surface area contributed by atoms with Crippen LogP contribution in [0, 0.1) is 5.82 Å². The summed E-state index contributed by atoms with van der Waals surface area (Å²) in [6.45, 7) is 0. The van der Waals surface area contributed by atoms with Gasteiger partial charge in [-0.1, -0.05) is 28.1 Å². The summed E-state index contributed by atoms with van der Waals surface area (Å²) in [6.07, 6.45) is 0.269. The van der Waals surface area contributed by atoms with Crippen LogP contribution < -0.4 is 10.6 Å². The van der Waals surface area contributed by atoms with Crippen molar-refractivity contribution in [1.29, 1.82) is 0 Å². The molecule has 2 aromatic carbocycles. The average Bonchev–Trinajstić information content (AvgIpc) is 2.51. The molecule has 2 rings (SSSR count). The van der Waals surface area contributed by atoms with E-state index in [1.807, 2.05) is 0 Å². The van der Waals surface area contributed by atoms with E-state index in [9.17, 15) is 14.0 Å². The Morgan fingerprint density at radius 2 is 1.82 bits per heavy atom. The summed E-state index contributed by atoms with van der Waals surface area (Å²) in [5.74, 6) is -1.21. The minimum absolute atomic E-state index is 0.0381. The fraction of sp³-hybridized carbons (Fsp3) is 0.125. The molecule has 0 saturated heterocycles. The van der Waals surface area contributed by atoms with Crippen LogP contribution in [0.1, 0.15) is 15.9 Å². The Labute approximate surface area is 135 Å². The molecule has 0 saturated carbocycles. The molecule has 0 spiro atoms. The second kappa shape index (κ2) is 7.17. The highest BCUT2D eigenvalue weighted by atomic mass is 79.9. The number of benzene rings is 2. The van der Waals surface area contributed by atoms with Crippen molar-refractivity contribution < 1.29 is 14.0 Å². The first-order valence-corrected chi connectivity index (χ1v) is 7.35. The Morgan fingerprint density at radius 3 is 2.45 bits per heavy atom. The zero-order valence-corrected chi connectivity index (χ0v) is 13.4. The van der Waals surface area contributed by atoms with Crippen LogP contribution in [0.5, 0.6) is 0 Å². The van der Waals surface area contributed by atoms with Gasteiger partial charge in [-0.2, -0.15) is 0 Å². The highest BCUT2D eigenvalue weighted by Gasteiger charge is 2.12. The molecule has 0 radical (unpaired) electrons. The highest BCUT2D eigenvalue weighted by Crippen LogP contribution is 2.18. The molecule has 4 nitrogen and oxygen atoms in total. The summed E-state index contributed by atoms with van der Waals surface area (Å²) in [4.78, 5) is 23.3. The zero-order chi connectivity index (χ0) is 16.1. The van der Waals surface area contributed by atoms with Gasteiger partial charge in [0.05, 0.1) is 12.0 Å². The van der Waals surface area contributed by atoms with Gasteiger partial charge in [0.1, 0.15) is 5.82 Å². The third-order valence-electron chi connectivity index (χ3n) is 3.03. The molecule has 0 heterocycles. The first kappa shape index (κ1) is 16.2. The largest absolute Gasteiger partial charge is 0.359 e. The lowest BCUT2D eigenvalue weighted by Crippen LogP contribution is -2.19. The van der Waals surface area contributed by atoms with Crippen LogP contribution >= 0.6 is 15.9 Å². The minimum Gasteiger partial charge on any atom is -0.359 e. The molecule has 0 fully saturated rings. The molecular formula is C16H14BrFN2O2. The molecule has 0 aliphatic heterocycles. The molecule has 0 aliphatic rings. The molecule has 2 N–H and O–H groups in total. The van der Waals surface area contributed by atoms with Crippen molar-refractivity contribution in [2.75, 3.05) is 12.4 Å². The van der Waals surface area contributed by atoms with E-state index in [2.05, 4.69) is 26.6 Å². The second-order valence-electron chi connectivity index (χ2n) is 4.63. The summed E-state index contributed by atoms with van der Waals surface area (Å²) < 4.78 is 14.3. The summed E-state index contributed by atoms with van der Waals surface area (Å²) in [5, 5.41) is 5.16. The van der Waals surface area contributed by atoms with Gasteiger partial charge < -0.3 is 10.6 Å². The van der Waals surface area contributed by atoms with E-state index in [0.29, 0.717) is 10.2 Å². The molecule has 22 heavy (non-hydrogen) atoms. The maximum absolute atomic E-state index is 13.6. The van der Waals surface area contributed by atoms with Crippen molar-refractivity contribution in [2.24, 2.45) is 0 Å². The van der Waals surface area contributed by atoms with E-state index >= 15 is 0 Å². The first-order valence-electron chi connectivity index (χ1n) is 6.55. The Bertz CT molecular complexity index is 702. The Kier molecular flexibility index (Phi) is 5.27. The molecule has 0 atom stereocenters. The van der Waals surface area contributed by atoms with Crippen LogP contribution in [-0.2, 0) is 11.2 Å². The van der Waals surface area contributed by atoms with Crippen molar-refractivity contribution in [3.8, 4) is 0 Å². The maximum Gasteiger partial charge on any atom is 0.258 e. The Hall–Kier alpha value is -2.21. The monoisotopic (exact) mass is 364 g/mol. The number of carbonyl (C=O) groups excluding carboxylic acids is 2. The van der Waals surface area contributed by atoms with E-state index in [4.69, 9.17) is 0 Å². The normalized spacial score (nSPS) is 10.1. The average molecular weight is 365 g/mol. The molecule has 0 aliphatic carbocycles. The van der Waals surface area contributed by atoms with Gasteiger partial charge in [-0.05, 0) is 35.9 Å². The van der Waals surface area contributed by atoms with Gasteiger partial charge in [0, 0.05) is 17.2 Å². The standard InChI is InChI=1S/C16H14BrFN2O2/c1-19-15(21)8-10-2-5-12(6-3-10)20-16(22)13-9-11(17)4-7-14(13)18/h2-7,9H,8H2,1H3,(H,19,21)(H,20,22). The second-order valence-corrected chi connectivity index (χ2v) is 5.54. The molecule has 0 aromatic heterocycles. The molecule has 0 unspecified atom stereocenters. The van der Waals surface area contributed by atoms with E-state index in [1.165, 1.54) is 18.2 Å². The predicted octanol–water partition coefficient (Wildman–Crippen LogP) is 3.13. The van der Waals surface area contributed by atoms with Gasteiger partial charge >= 0.3 is 0 Å². The molecular weight excluding hydrogens is 351 g/mol. The first-order chi connectivity index (χ1) is 10.5. The number of amides is 2. The Balaban J connectivity index is 2.08. The predicted molar refractivity (Wildman–Crippen MR) is 86.3 cm³/mol. The number of halogens is 2. The quantitative estimate of drug-likeness (QED) is 0.875. The van der Waals surface area contributed by atoms with Crippen LogP contribution in [0.4, 0.5) is 10.1 Å². The summed E-state index contributed by atoms with van der Waals surface area (Å²) in [6, 6.07) is 11.0.